The maximum absolute atomic E-state index is 13.8. The van der Waals surface area contributed by atoms with E-state index >= 15 is 0 Å². The summed E-state index contributed by atoms with van der Waals surface area (Å²) in [7, 11) is -0.563. The third kappa shape index (κ3) is 11.6. The predicted octanol–water partition coefficient (Wildman–Crippen LogP) is 5.85. The molecule has 1 heterocycles. The second-order valence-corrected chi connectivity index (χ2v) is 15.8. The first-order chi connectivity index (χ1) is 22.8. The zero-order valence-corrected chi connectivity index (χ0v) is 30.7. The van der Waals surface area contributed by atoms with Crippen molar-refractivity contribution in [3.63, 3.8) is 0 Å². The minimum atomic E-state index is -0.786. The van der Waals surface area contributed by atoms with E-state index in [2.05, 4.69) is 57.2 Å². The fraction of sp³-hybridized carbons (Fsp3) is 0.914. The third-order valence-corrected chi connectivity index (χ3v) is 11.1. The van der Waals surface area contributed by atoms with Crippen molar-refractivity contribution in [2.75, 3.05) is 6.54 Å². The number of carbonyl (C=O) groups is 2. The van der Waals surface area contributed by atoms with Gasteiger partial charge in [-0.1, -0.05) is 104 Å². The number of nitro groups is 1. The minimum absolute atomic E-state index is 0.00299. The molecule has 274 valence electrons. The van der Waals surface area contributed by atoms with Crippen molar-refractivity contribution in [2.45, 2.75) is 174 Å². The van der Waals surface area contributed by atoms with Crippen LogP contribution in [0, 0.1) is 33.3 Å². The topological polar surface area (TPSA) is 170 Å². The van der Waals surface area contributed by atoms with E-state index in [9.17, 15) is 19.7 Å². The molecule has 1 aliphatic heterocycles. The van der Waals surface area contributed by atoms with Crippen LogP contribution < -0.4 is 21.8 Å². The Morgan fingerprint density at radius 2 is 1.60 bits per heavy atom. The maximum atomic E-state index is 13.8. The number of hydrazine groups is 1. The van der Waals surface area contributed by atoms with Crippen LogP contribution in [0.15, 0.2) is 4.99 Å². The van der Waals surface area contributed by atoms with Crippen LogP contribution in [0.3, 0.4) is 0 Å². The number of amides is 2. The quantitative estimate of drug-likeness (QED) is 0.0261. The normalized spacial score (nSPS) is 25.6. The van der Waals surface area contributed by atoms with Gasteiger partial charge in [0.1, 0.15) is 6.04 Å². The van der Waals surface area contributed by atoms with Crippen molar-refractivity contribution in [1.82, 2.24) is 16.1 Å². The lowest BCUT2D eigenvalue weighted by Crippen LogP contribution is -2.65. The molecule has 0 radical (unpaired) electrons. The van der Waals surface area contributed by atoms with E-state index in [0.717, 1.165) is 32.1 Å². The largest absolute Gasteiger partial charge is 0.481 e. The molecule has 0 aromatic rings. The van der Waals surface area contributed by atoms with Crippen LogP contribution in [0.2, 0.25) is 0 Å². The number of hydrogen-bond donors (Lipinski definition) is 4. The molecule has 0 aromatic heterocycles. The average Bonchev–Trinajstić information content (AvgIpc) is 3.37. The van der Waals surface area contributed by atoms with Crippen molar-refractivity contribution >= 4 is 24.9 Å². The lowest BCUT2D eigenvalue weighted by atomic mass is 9.43. The molecule has 2 bridgehead atoms. The smallest absolute Gasteiger partial charge is 0.404 e. The van der Waals surface area contributed by atoms with Crippen LogP contribution in [-0.2, 0) is 18.9 Å². The molecule has 0 aromatic carbocycles. The Morgan fingerprint density at radius 1 is 0.979 bits per heavy atom. The summed E-state index contributed by atoms with van der Waals surface area (Å²) in [6.07, 6.45) is 17.0. The fourth-order valence-corrected chi connectivity index (χ4v) is 8.21. The van der Waals surface area contributed by atoms with Crippen LogP contribution >= 0.6 is 0 Å². The molecule has 4 rings (SSSR count). The van der Waals surface area contributed by atoms with Gasteiger partial charge in [-0.2, -0.15) is 0 Å². The van der Waals surface area contributed by atoms with Crippen LogP contribution in [0.1, 0.15) is 151 Å². The molecule has 13 heteroatoms. The maximum Gasteiger partial charge on any atom is 0.481 e. The van der Waals surface area contributed by atoms with Crippen LogP contribution in [0.5, 0.6) is 0 Å². The number of nitrogens with two attached hydrogens (primary N) is 1. The highest BCUT2D eigenvalue weighted by molar-refractivity contribution is 6.48. The number of nitrogens with zero attached hydrogens (tertiary/aromatic N) is 2. The molecule has 0 unspecified atom stereocenters. The van der Waals surface area contributed by atoms with Gasteiger partial charge in [0.05, 0.1) is 17.6 Å². The zero-order valence-electron chi connectivity index (χ0n) is 30.7. The fourth-order valence-electron chi connectivity index (χ4n) is 8.21. The number of rotatable bonds is 23. The molecule has 6 atom stereocenters. The van der Waals surface area contributed by atoms with Crippen molar-refractivity contribution in [3.8, 4) is 0 Å². The summed E-state index contributed by atoms with van der Waals surface area (Å²) in [4.78, 5) is 41.5. The highest BCUT2D eigenvalue weighted by atomic mass is 16.7. The van der Waals surface area contributed by atoms with Crippen molar-refractivity contribution in [3.05, 3.63) is 10.1 Å². The van der Waals surface area contributed by atoms with E-state index < -0.39 is 18.2 Å². The standard InChI is InChI=1S/C35H65BN6O6/c1-7-8-9-10-11-12-13-14-15-16-17-20-31(43)39-27(19-18-21-38-33(37)41-42(45)46)32(44)40-30(22-25(2)3)36-47-29-24-26-23-28(34(26,4)5)35(29,6)48-36/h25-30H,7-24H2,1-6H3,(H,39,43)(H,40,44)(H3,37,38,41)/t26-,27+,28-,29-,30+,35+/m1/s1. The van der Waals surface area contributed by atoms with E-state index in [1.54, 1.807) is 0 Å². The van der Waals surface area contributed by atoms with Gasteiger partial charge in [-0.3, -0.25) is 9.59 Å². The second-order valence-electron chi connectivity index (χ2n) is 15.8. The van der Waals surface area contributed by atoms with Gasteiger partial charge in [0, 0.05) is 13.0 Å². The van der Waals surface area contributed by atoms with Gasteiger partial charge in [0.2, 0.25) is 11.8 Å². The van der Waals surface area contributed by atoms with Gasteiger partial charge in [0.15, 0.2) is 5.03 Å². The first kappa shape index (κ1) is 40.0. The summed E-state index contributed by atoms with van der Waals surface area (Å²) in [5.41, 5.74) is 7.20. The van der Waals surface area contributed by atoms with Gasteiger partial charge < -0.3 is 25.7 Å². The Morgan fingerprint density at radius 3 is 2.19 bits per heavy atom. The molecule has 5 N–H and O–H groups in total. The molecule has 12 nitrogen and oxygen atoms in total. The Kier molecular flexibility index (Phi) is 15.9. The van der Waals surface area contributed by atoms with Gasteiger partial charge in [0.25, 0.3) is 5.96 Å². The minimum Gasteiger partial charge on any atom is -0.404 e. The molecule has 4 fully saturated rings. The average molecular weight is 677 g/mol. The highest BCUT2D eigenvalue weighted by Crippen LogP contribution is 2.65. The van der Waals surface area contributed by atoms with Crippen LogP contribution in [-0.4, -0.2) is 60.2 Å². The molecular weight excluding hydrogens is 611 g/mol. The number of nitrogens with one attached hydrogen (secondary N) is 3. The van der Waals surface area contributed by atoms with Crippen molar-refractivity contribution in [2.24, 2.45) is 33.9 Å². The number of hydrogen-bond acceptors (Lipinski definition) is 7. The molecular formula is C35H65BN6O6. The molecule has 3 saturated carbocycles. The van der Waals surface area contributed by atoms with E-state index in [1.807, 2.05) is 5.43 Å². The highest BCUT2D eigenvalue weighted by Gasteiger charge is 2.68. The van der Waals surface area contributed by atoms with Crippen molar-refractivity contribution < 1.29 is 23.9 Å². The molecule has 3 aliphatic carbocycles. The van der Waals surface area contributed by atoms with Gasteiger partial charge in [-0.05, 0) is 68.6 Å². The summed E-state index contributed by atoms with van der Waals surface area (Å²) in [6, 6.07) is -0.786. The Balaban J connectivity index is 1.55. The number of unbranched alkanes of at least 4 members (excludes halogenated alkanes) is 10. The summed E-state index contributed by atoms with van der Waals surface area (Å²) in [6.45, 7) is 13.5. The summed E-state index contributed by atoms with van der Waals surface area (Å²) in [5, 5.41) is 16.0. The van der Waals surface area contributed by atoms with Gasteiger partial charge >= 0.3 is 7.12 Å². The molecule has 4 aliphatic rings. The second kappa shape index (κ2) is 19.1. The predicted molar refractivity (Wildman–Crippen MR) is 190 cm³/mol. The molecule has 2 amide bonds. The van der Waals surface area contributed by atoms with Crippen LogP contribution in [0.25, 0.3) is 0 Å². The third-order valence-electron chi connectivity index (χ3n) is 11.1. The molecule has 48 heavy (non-hydrogen) atoms. The van der Waals surface area contributed by atoms with E-state index in [-0.39, 0.29) is 53.3 Å². The van der Waals surface area contributed by atoms with Gasteiger partial charge in [-0.25, -0.2) is 15.1 Å². The van der Waals surface area contributed by atoms with Gasteiger partial charge in [-0.15, -0.1) is 0 Å². The molecule has 1 saturated heterocycles. The first-order valence-corrected chi connectivity index (χ1v) is 18.9. The monoisotopic (exact) mass is 677 g/mol. The number of guanidine groups is 1. The van der Waals surface area contributed by atoms with Crippen LogP contribution in [0.4, 0.5) is 0 Å². The Hall–Kier alpha value is -2.41. The summed E-state index contributed by atoms with van der Waals surface area (Å²) < 4.78 is 13.3. The Bertz CT molecular complexity index is 1080. The SMILES string of the molecule is CCCCCCCCCCCCCC(=O)N[C@@H](CCCN=C(N)N[N+](=O)[O-])C(=O)N[C@@H](CC(C)C)B1O[C@@H]2C[C@H]3C[C@H](C3(C)C)[C@]2(C)O1. The zero-order chi connectivity index (χ0) is 35.3. The lowest BCUT2D eigenvalue weighted by Gasteiger charge is -2.64. The summed E-state index contributed by atoms with van der Waals surface area (Å²) >= 11 is 0. The van der Waals surface area contributed by atoms with E-state index in [4.69, 9.17) is 15.0 Å². The van der Waals surface area contributed by atoms with Crippen molar-refractivity contribution in [1.29, 1.82) is 0 Å². The lowest BCUT2D eigenvalue weighted by molar-refractivity contribution is -0.525. The van der Waals surface area contributed by atoms with E-state index in [0.29, 0.717) is 37.5 Å². The Labute approximate surface area is 289 Å². The number of carbonyl (C=O) groups excluding carboxylic acids is 2. The summed E-state index contributed by atoms with van der Waals surface area (Å²) in [5.74, 6) is 0.203. The molecule has 0 spiro atoms. The number of aliphatic imine (C=N–C) groups is 1. The first-order valence-electron chi connectivity index (χ1n) is 18.9. The van der Waals surface area contributed by atoms with E-state index in [1.165, 1.54) is 51.4 Å².